The van der Waals surface area contributed by atoms with Gasteiger partial charge in [-0.15, -0.1) is 0 Å². The van der Waals surface area contributed by atoms with Gasteiger partial charge in [0.1, 0.15) is 17.8 Å². The third-order valence-corrected chi connectivity index (χ3v) is 20.6. The van der Waals surface area contributed by atoms with Gasteiger partial charge in [-0.25, -0.2) is 9.97 Å². The fraction of sp³-hybridized carbons (Fsp3) is 0.545. The number of anilines is 3. The number of nitrogens with two attached hydrogens (primary N) is 1. The molecule has 49 heavy (non-hydrogen) atoms. The molecule has 0 amide bonds. The van der Waals surface area contributed by atoms with Crippen LogP contribution in [0.2, 0.25) is 22.2 Å². The van der Waals surface area contributed by atoms with Gasteiger partial charge in [0.2, 0.25) is 11.9 Å². The minimum absolute atomic E-state index is 0.203. The first-order chi connectivity index (χ1) is 23.3. The van der Waals surface area contributed by atoms with Crippen LogP contribution in [0.15, 0.2) is 35.5 Å². The molecule has 1 aromatic carbocycles. The quantitative estimate of drug-likeness (QED) is 0.167. The topological polar surface area (TPSA) is 169 Å². The minimum Gasteiger partial charge on any atom is -0.414 e. The van der Waals surface area contributed by atoms with Crippen LogP contribution < -0.4 is 16.6 Å². The van der Waals surface area contributed by atoms with E-state index in [0.717, 1.165) is 16.4 Å². The van der Waals surface area contributed by atoms with Gasteiger partial charge in [0, 0.05) is 25.1 Å². The molecule has 0 radical (unpaired) electrons. The van der Waals surface area contributed by atoms with Gasteiger partial charge in [0.05, 0.1) is 35.8 Å². The number of nitrogen functional groups attached to an aromatic ring is 1. The Morgan fingerprint density at radius 1 is 0.959 bits per heavy atom. The Bertz CT molecular complexity index is 2080. The van der Waals surface area contributed by atoms with Crippen molar-refractivity contribution in [2.75, 3.05) is 17.7 Å². The van der Waals surface area contributed by atoms with Crippen molar-refractivity contribution < 1.29 is 17.7 Å². The van der Waals surface area contributed by atoms with Gasteiger partial charge in [0.25, 0.3) is 5.56 Å². The number of pyridine rings is 1. The number of ether oxygens (including phenoxy) is 1. The summed E-state index contributed by atoms with van der Waals surface area (Å²) in [5, 5.41) is 4.13. The average molecular weight is 706 g/mol. The van der Waals surface area contributed by atoms with Crippen molar-refractivity contribution in [3.05, 3.63) is 41.1 Å². The highest BCUT2D eigenvalue weighted by molar-refractivity contribution is 6.84. The standard InChI is InChI=1S/C33H47N9O5Si2/c1-17(2)48(18(3)4)44-15-25-24(46-49(47-48,19(5)6)20(7)8)14-26(45-25)42-16-36-29-30(42)39-33(40-31(29)43)37-22-13-23-28(38-32(34)41(23)9)21-11-10-12-35-27(21)22/h10-13,16-20,24-26H,14-15H2,1-9H3,(H2,34,38)(H2,37,39,40,43)/t24-,25+,26+/m0/s1. The lowest BCUT2D eigenvalue weighted by atomic mass is 10.1. The molecule has 4 aromatic heterocycles. The third-order valence-electron chi connectivity index (χ3n) is 10.3. The van der Waals surface area contributed by atoms with E-state index in [9.17, 15) is 4.79 Å². The predicted octanol–water partition coefficient (Wildman–Crippen LogP) is 6.12. The summed E-state index contributed by atoms with van der Waals surface area (Å²) in [6, 6.07) is 5.71. The number of benzene rings is 1. The van der Waals surface area contributed by atoms with Crippen LogP contribution in [0.4, 0.5) is 17.6 Å². The fourth-order valence-corrected chi connectivity index (χ4v) is 18.9. The van der Waals surface area contributed by atoms with Crippen LogP contribution in [0, 0.1) is 0 Å². The SMILES string of the molecule is CC(C)[Si]1(C(C)C)OC[C@H]2O[C@@H](n3cnc4c(=O)[nH]c(Nc5cc6c(nc(N)n6C)c6cccnc56)nc43)C[C@@H]2O[Si](C(C)C)(C(C)C)O1. The molecule has 4 N–H and O–H groups in total. The van der Waals surface area contributed by atoms with E-state index in [0.29, 0.717) is 35.8 Å². The number of fused-ring (bicyclic) bond motifs is 5. The molecule has 0 unspecified atom stereocenters. The van der Waals surface area contributed by atoms with E-state index in [1.165, 1.54) is 0 Å². The molecule has 7 rings (SSSR count). The van der Waals surface area contributed by atoms with Crippen LogP contribution in [0.3, 0.4) is 0 Å². The lowest BCUT2D eigenvalue weighted by molar-refractivity contribution is -0.0544. The summed E-state index contributed by atoms with van der Waals surface area (Å²) in [6.07, 6.45) is 2.84. The maximum atomic E-state index is 13.4. The smallest absolute Gasteiger partial charge is 0.335 e. The van der Waals surface area contributed by atoms with Crippen molar-refractivity contribution in [3.63, 3.8) is 0 Å². The normalized spacial score (nSPS) is 22.5. The van der Waals surface area contributed by atoms with E-state index in [2.05, 4.69) is 80.6 Å². The number of H-pyrrole nitrogens is 1. The second-order valence-corrected chi connectivity index (χ2v) is 23.4. The highest BCUT2D eigenvalue weighted by atomic mass is 28.5. The number of aromatic nitrogens is 7. The van der Waals surface area contributed by atoms with Gasteiger partial charge < -0.3 is 33.3 Å². The number of aromatic amines is 1. The number of aryl methyl sites for hydroxylation is 1. The van der Waals surface area contributed by atoms with Crippen molar-refractivity contribution in [1.29, 1.82) is 0 Å². The highest BCUT2D eigenvalue weighted by Crippen LogP contribution is 2.48. The van der Waals surface area contributed by atoms with E-state index in [-0.39, 0.29) is 51.4 Å². The summed E-state index contributed by atoms with van der Waals surface area (Å²) in [4.78, 5) is 34.7. The largest absolute Gasteiger partial charge is 0.414 e. The number of hydrogen-bond donors (Lipinski definition) is 3. The van der Waals surface area contributed by atoms with Crippen molar-refractivity contribution >= 4 is 67.8 Å². The van der Waals surface area contributed by atoms with Gasteiger partial charge in [-0.2, -0.15) is 4.98 Å². The molecular formula is C33H47N9O5Si2. The van der Waals surface area contributed by atoms with Crippen LogP contribution in [0.5, 0.6) is 0 Å². The number of nitrogens with zero attached hydrogens (tertiary/aromatic N) is 6. The van der Waals surface area contributed by atoms with Gasteiger partial charge in [-0.05, 0) is 40.4 Å². The Hall–Kier alpha value is -3.68. The Morgan fingerprint density at radius 2 is 1.67 bits per heavy atom. The van der Waals surface area contributed by atoms with Gasteiger partial charge in [0.15, 0.2) is 11.2 Å². The van der Waals surface area contributed by atoms with Crippen LogP contribution in [0.25, 0.3) is 33.1 Å². The van der Waals surface area contributed by atoms with Gasteiger partial charge in [-0.3, -0.25) is 19.3 Å². The lowest BCUT2D eigenvalue weighted by Crippen LogP contribution is -2.65. The predicted molar refractivity (Wildman–Crippen MR) is 194 cm³/mol. The first kappa shape index (κ1) is 33.8. The zero-order valence-corrected chi connectivity index (χ0v) is 31.6. The first-order valence-electron chi connectivity index (χ1n) is 17.2. The van der Waals surface area contributed by atoms with E-state index in [1.54, 1.807) is 12.5 Å². The van der Waals surface area contributed by atoms with E-state index in [1.807, 2.05) is 34.4 Å². The molecule has 2 fully saturated rings. The van der Waals surface area contributed by atoms with Crippen LogP contribution in [-0.2, 0) is 24.8 Å². The Morgan fingerprint density at radius 3 is 2.37 bits per heavy atom. The molecule has 262 valence electrons. The number of rotatable bonds is 7. The van der Waals surface area contributed by atoms with Crippen LogP contribution in [-0.4, -0.2) is 70.0 Å². The minimum atomic E-state index is -2.81. The molecule has 6 heterocycles. The molecule has 2 saturated heterocycles. The summed E-state index contributed by atoms with van der Waals surface area (Å²) in [5.41, 5.74) is 10.1. The summed E-state index contributed by atoms with van der Waals surface area (Å²) in [6.45, 7) is 18.1. The maximum Gasteiger partial charge on any atom is 0.335 e. The molecule has 16 heteroatoms. The van der Waals surface area contributed by atoms with Gasteiger partial charge in [-0.1, -0.05) is 55.4 Å². The number of nitrogens with one attached hydrogen (secondary N) is 2. The fourth-order valence-electron chi connectivity index (χ4n) is 7.63. The third kappa shape index (κ3) is 5.39. The number of imidazole rings is 2. The average Bonchev–Trinajstić information content (AvgIpc) is 3.72. The molecule has 5 aromatic rings. The molecular weight excluding hydrogens is 659 g/mol. The second kappa shape index (κ2) is 12.3. The van der Waals surface area contributed by atoms with Gasteiger partial charge >= 0.3 is 17.1 Å². The summed E-state index contributed by atoms with van der Waals surface area (Å²) >= 11 is 0. The van der Waals surface area contributed by atoms with Crippen LogP contribution >= 0.6 is 0 Å². The molecule has 0 spiro atoms. The molecule has 2 aliphatic heterocycles. The van der Waals surface area contributed by atoms with E-state index < -0.39 is 23.3 Å². The molecule has 0 saturated carbocycles. The van der Waals surface area contributed by atoms with E-state index in [4.69, 9.17) is 28.4 Å². The van der Waals surface area contributed by atoms with E-state index >= 15 is 0 Å². The van der Waals surface area contributed by atoms with Crippen molar-refractivity contribution in [2.24, 2.45) is 7.05 Å². The highest BCUT2D eigenvalue weighted by Gasteiger charge is 2.60. The molecule has 0 aliphatic carbocycles. The molecule has 14 nitrogen and oxygen atoms in total. The Labute approximate surface area is 287 Å². The summed E-state index contributed by atoms with van der Waals surface area (Å²) < 4.78 is 31.9. The summed E-state index contributed by atoms with van der Waals surface area (Å²) in [7, 11) is -3.66. The molecule has 2 aliphatic rings. The molecule has 3 atom stereocenters. The first-order valence-corrected chi connectivity index (χ1v) is 21.1. The van der Waals surface area contributed by atoms with Crippen molar-refractivity contribution in [2.45, 2.75) is 102 Å². The zero-order chi connectivity index (χ0) is 35.0. The lowest BCUT2D eigenvalue weighted by Gasteiger charge is -2.51. The maximum absolute atomic E-state index is 13.4. The Kier molecular flexibility index (Phi) is 8.47. The zero-order valence-electron chi connectivity index (χ0n) is 29.6. The second-order valence-electron chi connectivity index (χ2n) is 14.6. The monoisotopic (exact) mass is 705 g/mol. The number of hydrogen-bond acceptors (Lipinski definition) is 11. The Balaban J connectivity index is 1.25. The van der Waals surface area contributed by atoms with Crippen LogP contribution in [0.1, 0.15) is 68.0 Å². The van der Waals surface area contributed by atoms with Crippen molar-refractivity contribution in [1.82, 2.24) is 34.1 Å². The summed E-state index contributed by atoms with van der Waals surface area (Å²) in [5.74, 6) is 0.634. The molecule has 0 bridgehead atoms. The van der Waals surface area contributed by atoms with Crippen molar-refractivity contribution in [3.8, 4) is 0 Å².